The number of anilines is 2. The fourth-order valence-corrected chi connectivity index (χ4v) is 4.42. The summed E-state index contributed by atoms with van der Waals surface area (Å²) in [6.45, 7) is 0. The van der Waals surface area contributed by atoms with E-state index < -0.39 is 0 Å². The van der Waals surface area contributed by atoms with Crippen LogP contribution in [-0.2, 0) is 0 Å². The molecule has 0 atom stereocenters. The van der Waals surface area contributed by atoms with Gasteiger partial charge >= 0.3 is 0 Å². The molecular formula is C34H27Cl2IN6O3. The van der Waals surface area contributed by atoms with Crippen molar-refractivity contribution in [2.45, 2.75) is 0 Å². The monoisotopic (exact) mass is 764 g/mol. The third-order valence-electron chi connectivity index (χ3n) is 5.89. The summed E-state index contributed by atoms with van der Waals surface area (Å²) in [5, 5.41) is 18.4. The molecule has 0 spiro atoms. The van der Waals surface area contributed by atoms with E-state index in [1.807, 2.05) is 46.9 Å². The zero-order valence-electron chi connectivity index (χ0n) is 24.0. The number of H-pyrrole nitrogens is 1. The van der Waals surface area contributed by atoms with Crippen LogP contribution in [0, 0.1) is 27.8 Å². The van der Waals surface area contributed by atoms with Crippen LogP contribution in [0.1, 0.15) is 16.7 Å². The summed E-state index contributed by atoms with van der Waals surface area (Å²) < 4.78 is 5.77. The smallest absolute Gasteiger partial charge is 0.206 e. The molecule has 12 heteroatoms. The van der Waals surface area contributed by atoms with E-state index in [0.29, 0.717) is 47.1 Å². The van der Waals surface area contributed by atoms with Crippen LogP contribution >= 0.6 is 45.8 Å². The molecule has 0 saturated heterocycles. The van der Waals surface area contributed by atoms with E-state index in [2.05, 4.69) is 39.6 Å². The van der Waals surface area contributed by atoms with Crippen LogP contribution in [0.5, 0.6) is 5.75 Å². The van der Waals surface area contributed by atoms with Crippen molar-refractivity contribution in [2.75, 3.05) is 11.5 Å². The standard InChI is InChI=1S/C17H12ClN3O.C9H4ClIO2.C8H7N.H4N2/c18-13-5-8-16(22)15(9-13)17-12(10-20-21-17)4-1-11-2-6-14(19)7-3-11;10-5-1-2-8-6(3-5)9(12)7(11)4-13-8;1-2-7-3-5-8(9)6-4-7;1-2/h2-3,5-10,22H,19H2,(H,20,21);1-4H;1,3-6H,9H2;1-2H2. The van der Waals surface area contributed by atoms with Gasteiger partial charge in [-0.3, -0.25) is 21.6 Å². The molecule has 0 saturated carbocycles. The van der Waals surface area contributed by atoms with Gasteiger partial charge in [-0.15, -0.1) is 6.42 Å². The number of aromatic nitrogens is 2. The van der Waals surface area contributed by atoms with Crippen molar-refractivity contribution in [1.82, 2.24) is 10.2 Å². The Morgan fingerprint density at radius 1 is 0.848 bits per heavy atom. The van der Waals surface area contributed by atoms with Crippen molar-refractivity contribution in [3.05, 3.63) is 138 Å². The number of halogens is 3. The van der Waals surface area contributed by atoms with Crippen LogP contribution in [0.15, 0.2) is 107 Å². The molecule has 2 heterocycles. The topological polar surface area (TPSA) is 183 Å². The highest BCUT2D eigenvalue weighted by molar-refractivity contribution is 14.1. The molecule has 0 radical (unpaired) electrons. The predicted octanol–water partition coefficient (Wildman–Crippen LogP) is 6.54. The van der Waals surface area contributed by atoms with E-state index in [9.17, 15) is 9.90 Å². The Morgan fingerprint density at radius 2 is 1.43 bits per heavy atom. The third-order valence-corrected chi connectivity index (χ3v) is 7.10. The fraction of sp³-hybridized carbons (Fsp3) is 0. The number of phenols is 1. The van der Waals surface area contributed by atoms with Gasteiger partial charge in [0.25, 0.3) is 0 Å². The summed E-state index contributed by atoms with van der Waals surface area (Å²) >= 11 is 13.7. The number of nitrogen functional groups attached to an aromatic ring is 2. The van der Waals surface area contributed by atoms with E-state index in [0.717, 1.165) is 16.8 Å². The SMILES string of the molecule is C#Cc1ccc(N)cc1.NN.Nc1ccc(C#Cc2cn[nH]c2-c2cc(Cl)ccc2O)cc1.O=c1c(I)coc2ccc(Cl)cc12. The van der Waals surface area contributed by atoms with Crippen LogP contribution < -0.4 is 28.6 Å². The first-order valence-electron chi connectivity index (χ1n) is 13.1. The summed E-state index contributed by atoms with van der Waals surface area (Å²) in [6.07, 6.45) is 8.16. The Bertz CT molecular complexity index is 2070. The first-order valence-corrected chi connectivity index (χ1v) is 14.9. The molecule has 46 heavy (non-hydrogen) atoms. The van der Waals surface area contributed by atoms with Crippen molar-refractivity contribution in [1.29, 1.82) is 0 Å². The average molecular weight is 765 g/mol. The zero-order valence-corrected chi connectivity index (χ0v) is 27.6. The minimum Gasteiger partial charge on any atom is -0.507 e. The Hall–Kier alpha value is -4.95. The van der Waals surface area contributed by atoms with Gasteiger partial charge in [0.1, 0.15) is 17.6 Å². The van der Waals surface area contributed by atoms with Gasteiger partial charge in [-0.1, -0.05) is 41.0 Å². The Balaban J connectivity index is 0.000000203. The summed E-state index contributed by atoms with van der Waals surface area (Å²) in [6, 6.07) is 24.3. The quantitative estimate of drug-likeness (QED) is 0.0359. The molecule has 0 aliphatic heterocycles. The van der Waals surface area contributed by atoms with Gasteiger partial charge in [0.2, 0.25) is 5.43 Å². The van der Waals surface area contributed by atoms with Crippen LogP contribution in [0.2, 0.25) is 10.0 Å². The average Bonchev–Trinajstić information content (AvgIpc) is 3.54. The summed E-state index contributed by atoms with van der Waals surface area (Å²) in [7, 11) is 0. The van der Waals surface area contributed by atoms with Crippen molar-refractivity contribution >= 4 is 68.1 Å². The van der Waals surface area contributed by atoms with Crippen LogP contribution in [0.3, 0.4) is 0 Å². The van der Waals surface area contributed by atoms with Gasteiger partial charge in [-0.05, 0) is 108 Å². The number of hydrogen-bond donors (Lipinski definition) is 6. The second kappa shape index (κ2) is 17.5. The maximum absolute atomic E-state index is 11.6. The number of benzene rings is 4. The first kappa shape index (κ1) is 35.5. The molecule has 232 valence electrons. The van der Waals surface area contributed by atoms with Gasteiger partial charge in [0, 0.05) is 38.1 Å². The highest BCUT2D eigenvalue weighted by Gasteiger charge is 2.11. The van der Waals surface area contributed by atoms with Crippen LogP contribution in [0.4, 0.5) is 11.4 Å². The Labute approximate surface area is 288 Å². The number of nitrogens with one attached hydrogen (secondary N) is 1. The highest BCUT2D eigenvalue weighted by Crippen LogP contribution is 2.32. The Kier molecular flexibility index (Phi) is 13.5. The predicted molar refractivity (Wildman–Crippen MR) is 195 cm³/mol. The molecule has 0 bridgehead atoms. The molecular weight excluding hydrogens is 738 g/mol. The van der Waals surface area contributed by atoms with Gasteiger partial charge in [-0.25, -0.2) is 0 Å². The molecule has 9 nitrogen and oxygen atoms in total. The van der Waals surface area contributed by atoms with E-state index in [1.54, 1.807) is 60.8 Å². The lowest BCUT2D eigenvalue weighted by Gasteiger charge is -2.03. The van der Waals surface area contributed by atoms with Crippen molar-refractivity contribution in [3.63, 3.8) is 0 Å². The highest BCUT2D eigenvalue weighted by atomic mass is 127. The van der Waals surface area contributed by atoms with Crippen molar-refractivity contribution in [2.24, 2.45) is 11.7 Å². The van der Waals surface area contributed by atoms with Crippen molar-refractivity contribution < 1.29 is 9.52 Å². The molecule has 10 N–H and O–H groups in total. The number of nitrogens with two attached hydrogens (primary N) is 4. The fourth-order valence-electron chi connectivity index (χ4n) is 3.66. The number of phenolic OH excluding ortho intramolecular Hbond substituents is 1. The van der Waals surface area contributed by atoms with Gasteiger partial charge in [0.15, 0.2) is 0 Å². The molecule has 6 aromatic rings. The van der Waals surface area contributed by atoms with Gasteiger partial charge < -0.3 is 21.0 Å². The second-order valence-electron chi connectivity index (χ2n) is 9.01. The molecule has 0 aliphatic rings. The zero-order chi connectivity index (χ0) is 33.6. The summed E-state index contributed by atoms with van der Waals surface area (Å²) in [5.74, 6) is 16.7. The number of rotatable bonds is 1. The molecule has 6 rings (SSSR count). The van der Waals surface area contributed by atoms with Crippen LogP contribution in [-0.4, -0.2) is 15.3 Å². The second-order valence-corrected chi connectivity index (χ2v) is 11.0. The molecule has 2 aromatic heterocycles. The lowest BCUT2D eigenvalue weighted by atomic mass is 10.1. The minimum atomic E-state index is -0.0376. The van der Waals surface area contributed by atoms with Crippen LogP contribution in [0.25, 0.3) is 22.2 Å². The van der Waals surface area contributed by atoms with Gasteiger partial charge in [-0.2, -0.15) is 5.10 Å². The normalized spacial score (nSPS) is 9.57. The summed E-state index contributed by atoms with van der Waals surface area (Å²) in [5.41, 5.74) is 16.6. The maximum atomic E-state index is 11.6. The third kappa shape index (κ3) is 10.0. The molecule has 0 amide bonds. The number of aromatic hydroxyl groups is 1. The number of hydrazine groups is 1. The minimum absolute atomic E-state index is 0.0376. The number of nitrogens with zero attached hydrogens (tertiary/aromatic N) is 1. The first-order chi connectivity index (χ1) is 22.1. The van der Waals surface area contributed by atoms with E-state index >= 15 is 0 Å². The number of fused-ring (bicyclic) bond motifs is 1. The molecule has 0 aliphatic carbocycles. The van der Waals surface area contributed by atoms with E-state index in [-0.39, 0.29) is 11.2 Å². The molecule has 4 aromatic carbocycles. The number of aromatic amines is 1. The van der Waals surface area contributed by atoms with E-state index in [4.69, 9.17) is 45.5 Å². The maximum Gasteiger partial charge on any atom is 0.206 e. The lowest BCUT2D eigenvalue weighted by Crippen LogP contribution is -2.03. The number of hydrogen-bond acceptors (Lipinski definition) is 8. The van der Waals surface area contributed by atoms with Gasteiger partial charge in [0.05, 0.1) is 26.4 Å². The van der Waals surface area contributed by atoms with Crippen molar-refractivity contribution in [3.8, 4) is 41.2 Å². The Morgan fingerprint density at radius 3 is 2.07 bits per heavy atom. The summed E-state index contributed by atoms with van der Waals surface area (Å²) in [4.78, 5) is 11.6. The molecule has 0 unspecified atom stereocenters. The molecule has 0 fully saturated rings. The van der Waals surface area contributed by atoms with E-state index in [1.165, 1.54) is 12.3 Å². The largest absolute Gasteiger partial charge is 0.507 e. The lowest BCUT2D eigenvalue weighted by molar-refractivity contribution is 0.477. The number of terminal acetylenes is 1.